The zero-order chi connectivity index (χ0) is 11.6. The smallest absolute Gasteiger partial charge is 0.109 e. The van der Waals surface area contributed by atoms with Crippen molar-refractivity contribution in [1.82, 2.24) is 0 Å². The van der Waals surface area contributed by atoms with Crippen LogP contribution in [-0.2, 0) is 19.2 Å². The third-order valence-corrected chi connectivity index (χ3v) is 0.586. The molecular weight excluding hydrogens is 310 g/mol. The molecule has 1 aliphatic rings. The van der Waals surface area contributed by atoms with E-state index in [1.165, 1.54) is 0 Å². The zero-order valence-corrected chi connectivity index (χ0v) is 16.0. The summed E-state index contributed by atoms with van der Waals surface area (Å²) in [4.78, 5) is 0. The minimum absolute atomic E-state index is 0. The quantitative estimate of drug-likeness (QED) is 0.267. The minimum Gasteiger partial charge on any atom is -1.00 e. The predicted octanol–water partition coefficient (Wildman–Crippen LogP) is -2.24. The third kappa shape index (κ3) is 77.8. The van der Waals surface area contributed by atoms with Gasteiger partial charge in [-0.1, -0.05) is 20.8 Å². The van der Waals surface area contributed by atoms with Crippen LogP contribution < -0.4 is 24.8 Å². The maximum Gasteiger partial charge on any atom is -0.109 e. The first-order valence-corrected chi connectivity index (χ1v) is 10.2. The van der Waals surface area contributed by atoms with E-state index in [0.717, 1.165) is 6.42 Å². The van der Waals surface area contributed by atoms with E-state index in [1.807, 2.05) is 12.2 Å². The first kappa shape index (κ1) is 26.1. The van der Waals surface area contributed by atoms with Crippen LogP contribution in [0.4, 0.5) is 0 Å². The van der Waals surface area contributed by atoms with E-state index < -0.39 is 0 Å². The first-order chi connectivity index (χ1) is 6.23. The van der Waals surface area contributed by atoms with Gasteiger partial charge in [-0.3, -0.25) is 6.08 Å². The van der Waals surface area contributed by atoms with Crippen LogP contribution in [-0.4, -0.2) is 11.3 Å². The summed E-state index contributed by atoms with van der Waals surface area (Å²) in [5, 5.41) is 0.417. The second kappa shape index (κ2) is 16.4. The summed E-state index contributed by atoms with van der Waals surface area (Å²) in [6.07, 6.45) is 10.1. The Morgan fingerprint density at radius 1 is 1.25 bits per heavy atom. The molecule has 1 unspecified atom stereocenters. The van der Waals surface area contributed by atoms with Crippen LogP contribution >= 0.6 is 9.24 Å². The van der Waals surface area contributed by atoms with Crippen molar-refractivity contribution in [3.63, 3.8) is 0 Å². The molecule has 0 spiro atoms. The number of hydrogen-bond acceptors (Lipinski definition) is 0. The van der Waals surface area contributed by atoms with Crippen molar-refractivity contribution < 1.29 is 44.0 Å². The van der Waals surface area contributed by atoms with E-state index in [2.05, 4.69) is 74.4 Å². The van der Waals surface area contributed by atoms with E-state index in [-0.39, 0.29) is 31.0 Å². The molecule has 94 valence electrons. The Bertz CT molecular complexity index is 191. The van der Waals surface area contributed by atoms with Crippen molar-refractivity contribution in [2.75, 3.05) is 0 Å². The standard InChI is InChI=1S/C5H5.C4H11P.C2H6Si.2ClH.Ti/c1-2-4-5-3-1;1-4(2,3)5;1-3-2;;;/h1-3H,4H2;5H2,1-3H3;1-2H3;2*1H;/q-1;;;;;+2/p-2. The molecular formula is C11H22Cl2PSiTi-. The molecule has 0 nitrogen and oxygen atoms in total. The van der Waals surface area contributed by atoms with Crippen LogP contribution in [0.15, 0.2) is 18.2 Å². The molecule has 0 radical (unpaired) electrons. The van der Waals surface area contributed by atoms with Gasteiger partial charge in [-0.15, -0.1) is 15.7 Å². The Balaban J connectivity index is -0.0000000641. The molecule has 0 saturated heterocycles. The molecule has 0 fully saturated rings. The number of allylic oxidation sites excluding steroid dienone is 4. The van der Waals surface area contributed by atoms with Gasteiger partial charge in [0.2, 0.25) is 0 Å². The Hall–Kier alpha value is 1.42. The summed E-state index contributed by atoms with van der Waals surface area (Å²) in [6.45, 7) is 11.0. The molecule has 0 saturated carbocycles. The molecule has 0 heterocycles. The molecule has 5 heteroatoms. The molecule has 0 aromatic heterocycles. The molecule has 16 heavy (non-hydrogen) atoms. The number of halogens is 2. The molecule has 1 rings (SSSR count). The summed E-state index contributed by atoms with van der Waals surface area (Å²) in [6, 6.07) is 0. The SMILES string of the molecule is CC(C)(C)P.C[Si](C)=[Ti+2].[C-]1=CC=CC1.[Cl-].[Cl-]. The average Bonchev–Trinajstić information content (AvgIpc) is 2.32. The second-order valence-corrected chi connectivity index (χ2v) is 12.8. The molecule has 0 N–H and O–H groups in total. The van der Waals surface area contributed by atoms with E-state index in [0.29, 0.717) is 5.16 Å². The second-order valence-electron chi connectivity index (χ2n) is 4.37. The van der Waals surface area contributed by atoms with Crippen LogP contribution in [0.1, 0.15) is 27.2 Å². The van der Waals surface area contributed by atoms with Crippen molar-refractivity contribution in [3.05, 3.63) is 24.3 Å². The Labute approximate surface area is 128 Å². The van der Waals surface area contributed by atoms with Crippen molar-refractivity contribution in [2.45, 2.75) is 45.4 Å². The zero-order valence-electron chi connectivity index (χ0n) is 10.8. The molecule has 1 atom stereocenters. The molecule has 0 amide bonds. The average molecular weight is 332 g/mol. The summed E-state index contributed by atoms with van der Waals surface area (Å²) in [5.41, 5.74) is 0. The fraction of sp³-hybridized carbons (Fsp3) is 0.636. The van der Waals surface area contributed by atoms with Crippen molar-refractivity contribution in [2.24, 2.45) is 0 Å². The summed E-state index contributed by atoms with van der Waals surface area (Å²) >= 11 is 2.27. The van der Waals surface area contributed by atoms with Gasteiger partial charge in [0.15, 0.2) is 0 Å². The fourth-order valence-corrected chi connectivity index (χ4v) is 0.340. The van der Waals surface area contributed by atoms with Gasteiger partial charge in [-0.05, 0) is 5.16 Å². The van der Waals surface area contributed by atoms with Gasteiger partial charge in [0.05, 0.1) is 0 Å². The monoisotopic (exact) mass is 331 g/mol. The maximum atomic E-state index is 2.99. The van der Waals surface area contributed by atoms with Crippen LogP contribution in [0, 0.1) is 6.08 Å². The van der Waals surface area contributed by atoms with Gasteiger partial charge in [-0.25, -0.2) is 12.2 Å². The van der Waals surface area contributed by atoms with Crippen LogP contribution in [0.5, 0.6) is 0 Å². The molecule has 0 aromatic carbocycles. The van der Waals surface area contributed by atoms with Gasteiger partial charge in [0, 0.05) is 0 Å². The fourth-order valence-electron chi connectivity index (χ4n) is 0.340. The van der Waals surface area contributed by atoms with E-state index in [9.17, 15) is 0 Å². The minimum atomic E-state index is 0. The van der Waals surface area contributed by atoms with Crippen molar-refractivity contribution in [3.8, 4) is 0 Å². The van der Waals surface area contributed by atoms with E-state index in [4.69, 9.17) is 0 Å². The van der Waals surface area contributed by atoms with Gasteiger partial charge in [-0.2, -0.15) is 6.08 Å². The largest absolute Gasteiger partial charge is 1.00 e. The van der Waals surface area contributed by atoms with Gasteiger partial charge < -0.3 is 24.8 Å². The Morgan fingerprint density at radius 2 is 1.56 bits per heavy atom. The van der Waals surface area contributed by atoms with Gasteiger partial charge in [0.1, 0.15) is 0 Å². The summed E-state index contributed by atoms with van der Waals surface area (Å²) < 4.78 is 0. The van der Waals surface area contributed by atoms with Gasteiger partial charge >= 0.3 is 38.5 Å². The van der Waals surface area contributed by atoms with Gasteiger partial charge in [0.25, 0.3) is 0 Å². The topological polar surface area (TPSA) is 0 Å². The van der Waals surface area contributed by atoms with Crippen molar-refractivity contribution >= 4 is 15.4 Å². The van der Waals surface area contributed by atoms with Crippen LogP contribution in [0.3, 0.4) is 0 Å². The van der Waals surface area contributed by atoms with Crippen LogP contribution in [0.2, 0.25) is 13.1 Å². The van der Waals surface area contributed by atoms with E-state index in [1.54, 1.807) is 0 Å². The first-order valence-electron chi connectivity index (χ1n) is 4.76. The summed E-state index contributed by atoms with van der Waals surface area (Å²) in [5.74, 6) is 0. The van der Waals surface area contributed by atoms with E-state index >= 15 is 0 Å². The molecule has 0 aliphatic heterocycles. The number of rotatable bonds is 0. The normalized spacial score (nSPS) is 11.0. The Kier molecular flexibility index (Phi) is 26.8. The van der Waals surface area contributed by atoms with Crippen molar-refractivity contribution in [1.29, 1.82) is 0 Å². The molecule has 1 aliphatic carbocycles. The Morgan fingerprint density at radius 3 is 1.62 bits per heavy atom. The summed E-state index contributed by atoms with van der Waals surface area (Å²) in [7, 11) is 2.72. The maximum absolute atomic E-state index is 2.99. The number of hydrogen-bond donors (Lipinski definition) is 0. The third-order valence-electron chi connectivity index (χ3n) is 0.586. The molecule has 0 aromatic rings. The molecule has 0 bridgehead atoms. The predicted molar refractivity (Wildman–Crippen MR) is 68.5 cm³/mol. The van der Waals surface area contributed by atoms with Crippen LogP contribution in [0.25, 0.3) is 0 Å².